The number of anilines is 1. The van der Waals surface area contributed by atoms with E-state index in [1.54, 1.807) is 24.3 Å². The van der Waals surface area contributed by atoms with Gasteiger partial charge in [0.15, 0.2) is 11.1 Å². The predicted molar refractivity (Wildman–Crippen MR) is 84.3 cm³/mol. The zero-order valence-electron chi connectivity index (χ0n) is 10.7. The molecule has 0 saturated carbocycles. The van der Waals surface area contributed by atoms with Crippen LogP contribution >= 0.6 is 23.4 Å². The Kier molecular flexibility index (Phi) is 4.81. The normalized spacial score (nSPS) is 17.3. The molecule has 1 aliphatic heterocycles. The van der Waals surface area contributed by atoms with E-state index >= 15 is 0 Å². The Labute approximate surface area is 129 Å². The lowest BCUT2D eigenvalue weighted by Gasteiger charge is -2.09. The van der Waals surface area contributed by atoms with Crippen LogP contribution in [0.4, 0.5) is 5.69 Å². The highest BCUT2D eigenvalue weighted by Gasteiger charge is 2.30. The van der Waals surface area contributed by atoms with E-state index in [0.29, 0.717) is 10.7 Å². The van der Waals surface area contributed by atoms with E-state index in [2.05, 4.69) is 15.3 Å². The molecule has 7 nitrogen and oxygen atoms in total. The van der Waals surface area contributed by atoms with Gasteiger partial charge in [-0.1, -0.05) is 35.5 Å². The molecule has 0 aliphatic carbocycles. The van der Waals surface area contributed by atoms with Gasteiger partial charge in [-0.05, 0) is 12.1 Å². The zero-order valence-corrected chi connectivity index (χ0v) is 12.3. The summed E-state index contributed by atoms with van der Waals surface area (Å²) >= 11 is 6.99. The van der Waals surface area contributed by atoms with Gasteiger partial charge in [-0.3, -0.25) is 9.59 Å². The number of nitrogens with zero attached hydrogens (tertiary/aromatic N) is 2. The second-order valence-electron chi connectivity index (χ2n) is 4.11. The van der Waals surface area contributed by atoms with Crippen LogP contribution < -0.4 is 16.8 Å². The van der Waals surface area contributed by atoms with Crippen LogP contribution in [0.3, 0.4) is 0 Å². The number of hydrogen-bond acceptors (Lipinski definition) is 4. The average molecular weight is 326 g/mol. The van der Waals surface area contributed by atoms with Crippen molar-refractivity contribution in [3.8, 4) is 0 Å². The van der Waals surface area contributed by atoms with Crippen molar-refractivity contribution in [1.29, 1.82) is 0 Å². The maximum absolute atomic E-state index is 11.9. The molecule has 1 atom stereocenters. The fraction of sp³-hybridized carbons (Fsp3) is 0.167. The molecule has 1 aromatic carbocycles. The molecule has 0 saturated heterocycles. The van der Waals surface area contributed by atoms with Crippen molar-refractivity contribution in [3.05, 3.63) is 29.3 Å². The van der Waals surface area contributed by atoms with E-state index in [0.717, 1.165) is 11.8 Å². The standard InChI is InChI=1S/C12H12ClN5O2S/c13-6-3-1-2-4-7(6)16-9(19)5-8-10(20)17-12(21-8)18-11(14)15/h1-4,8H,5H2,(H,16,19)(H4,14,15,17,18,20)/t8-/m0/s1. The van der Waals surface area contributed by atoms with Gasteiger partial charge < -0.3 is 16.8 Å². The van der Waals surface area contributed by atoms with Crippen molar-refractivity contribution in [2.75, 3.05) is 5.32 Å². The van der Waals surface area contributed by atoms with Crippen molar-refractivity contribution in [1.82, 2.24) is 0 Å². The summed E-state index contributed by atoms with van der Waals surface area (Å²) in [5.41, 5.74) is 10.9. The highest BCUT2D eigenvalue weighted by Crippen LogP contribution is 2.27. The second-order valence-corrected chi connectivity index (χ2v) is 5.69. The first-order chi connectivity index (χ1) is 9.95. The molecule has 0 fully saturated rings. The van der Waals surface area contributed by atoms with Crippen LogP contribution in [0, 0.1) is 0 Å². The third kappa shape index (κ3) is 4.20. The second kappa shape index (κ2) is 6.59. The van der Waals surface area contributed by atoms with Gasteiger partial charge in [0.1, 0.15) is 5.25 Å². The number of nitrogens with two attached hydrogens (primary N) is 2. The first-order valence-electron chi connectivity index (χ1n) is 5.89. The summed E-state index contributed by atoms with van der Waals surface area (Å²) in [6, 6.07) is 6.83. The van der Waals surface area contributed by atoms with Gasteiger partial charge in [0.2, 0.25) is 5.91 Å². The van der Waals surface area contributed by atoms with Gasteiger partial charge in [-0.15, -0.1) is 0 Å². The van der Waals surface area contributed by atoms with E-state index in [1.807, 2.05) is 0 Å². The number of rotatable bonds is 3. The van der Waals surface area contributed by atoms with Crippen molar-refractivity contribution in [2.24, 2.45) is 21.5 Å². The van der Waals surface area contributed by atoms with Gasteiger partial charge in [-0.2, -0.15) is 9.98 Å². The minimum Gasteiger partial charge on any atom is -0.370 e. The van der Waals surface area contributed by atoms with Crippen molar-refractivity contribution < 1.29 is 9.59 Å². The highest BCUT2D eigenvalue weighted by molar-refractivity contribution is 8.15. The van der Waals surface area contributed by atoms with E-state index in [-0.39, 0.29) is 23.5 Å². The van der Waals surface area contributed by atoms with Crippen LogP contribution in [0.2, 0.25) is 5.02 Å². The number of halogens is 1. The summed E-state index contributed by atoms with van der Waals surface area (Å²) in [4.78, 5) is 30.9. The van der Waals surface area contributed by atoms with Gasteiger partial charge >= 0.3 is 0 Å². The molecule has 1 heterocycles. The molecule has 0 spiro atoms. The summed E-state index contributed by atoms with van der Waals surface area (Å²) in [6.45, 7) is 0. The summed E-state index contributed by atoms with van der Waals surface area (Å²) in [5.74, 6) is -0.959. The van der Waals surface area contributed by atoms with Crippen LogP contribution in [0.1, 0.15) is 6.42 Å². The Hall–Kier alpha value is -2.06. The number of hydrogen-bond donors (Lipinski definition) is 3. The van der Waals surface area contributed by atoms with E-state index in [9.17, 15) is 9.59 Å². The first kappa shape index (κ1) is 15.3. The molecule has 2 amide bonds. The maximum Gasteiger partial charge on any atom is 0.262 e. The molecule has 1 aliphatic rings. The number of carbonyl (C=O) groups is 2. The lowest BCUT2D eigenvalue weighted by Crippen LogP contribution is -2.23. The Bertz CT molecular complexity index is 642. The van der Waals surface area contributed by atoms with Crippen molar-refractivity contribution >= 4 is 52.0 Å². The number of guanidine groups is 1. The van der Waals surface area contributed by atoms with Gasteiger partial charge in [0, 0.05) is 6.42 Å². The third-order valence-corrected chi connectivity index (χ3v) is 3.85. The van der Waals surface area contributed by atoms with E-state index in [4.69, 9.17) is 23.1 Å². The number of nitrogens with one attached hydrogen (secondary N) is 1. The summed E-state index contributed by atoms with van der Waals surface area (Å²) in [6.07, 6.45) is -0.0400. The molecule has 5 N–H and O–H groups in total. The Balaban J connectivity index is 1.95. The van der Waals surface area contributed by atoms with Crippen molar-refractivity contribution in [2.45, 2.75) is 11.7 Å². The fourth-order valence-electron chi connectivity index (χ4n) is 1.59. The monoisotopic (exact) mass is 325 g/mol. The number of aliphatic imine (C=N–C) groups is 2. The lowest BCUT2D eigenvalue weighted by molar-refractivity contribution is -0.121. The SMILES string of the molecule is NC(N)=NC1=NC(=O)[C@H](CC(=O)Nc2ccccc2Cl)S1. The molecule has 0 unspecified atom stereocenters. The van der Waals surface area contributed by atoms with Gasteiger partial charge in [-0.25, -0.2) is 0 Å². The maximum atomic E-state index is 11.9. The molecule has 1 aromatic rings. The predicted octanol–water partition coefficient (Wildman–Crippen LogP) is 0.940. The fourth-order valence-corrected chi connectivity index (χ4v) is 2.72. The van der Waals surface area contributed by atoms with Crippen LogP contribution in [-0.2, 0) is 9.59 Å². The molecule has 21 heavy (non-hydrogen) atoms. The Morgan fingerprint density at radius 1 is 1.43 bits per heavy atom. The first-order valence-corrected chi connectivity index (χ1v) is 7.14. The largest absolute Gasteiger partial charge is 0.370 e. The molecular weight excluding hydrogens is 314 g/mol. The molecule has 0 aromatic heterocycles. The van der Waals surface area contributed by atoms with E-state index in [1.165, 1.54) is 0 Å². The summed E-state index contributed by atoms with van der Waals surface area (Å²) in [7, 11) is 0. The minimum absolute atomic E-state index is 0.0400. The molecule has 9 heteroatoms. The van der Waals surface area contributed by atoms with Crippen LogP contribution in [0.5, 0.6) is 0 Å². The smallest absolute Gasteiger partial charge is 0.262 e. The molecule has 0 radical (unpaired) electrons. The number of para-hydroxylation sites is 1. The van der Waals surface area contributed by atoms with Gasteiger partial charge in [0.25, 0.3) is 5.91 Å². The lowest BCUT2D eigenvalue weighted by atomic mass is 10.2. The number of carbonyl (C=O) groups excluding carboxylic acids is 2. The molecule has 0 bridgehead atoms. The summed E-state index contributed by atoms with van der Waals surface area (Å²) < 4.78 is 0. The number of benzene rings is 1. The Morgan fingerprint density at radius 3 is 2.81 bits per heavy atom. The zero-order chi connectivity index (χ0) is 15.4. The topological polar surface area (TPSA) is 123 Å². The van der Waals surface area contributed by atoms with Crippen LogP contribution in [0.15, 0.2) is 34.3 Å². The average Bonchev–Trinajstić information content (AvgIpc) is 2.71. The number of amides is 2. The van der Waals surface area contributed by atoms with Crippen molar-refractivity contribution in [3.63, 3.8) is 0 Å². The highest BCUT2D eigenvalue weighted by atomic mass is 35.5. The van der Waals surface area contributed by atoms with Crippen LogP contribution in [-0.4, -0.2) is 28.2 Å². The molecule has 2 rings (SSSR count). The summed E-state index contributed by atoms with van der Waals surface area (Å²) in [5, 5.41) is 2.59. The van der Waals surface area contributed by atoms with Gasteiger partial charge in [0.05, 0.1) is 10.7 Å². The van der Waals surface area contributed by atoms with E-state index < -0.39 is 11.2 Å². The number of amidine groups is 1. The minimum atomic E-state index is -0.634. The number of thioether (sulfide) groups is 1. The molecule has 110 valence electrons. The quantitative estimate of drug-likeness (QED) is 0.563. The third-order valence-electron chi connectivity index (χ3n) is 2.47. The van der Waals surface area contributed by atoms with Crippen LogP contribution in [0.25, 0.3) is 0 Å². The molecular formula is C12H12ClN5O2S. The Morgan fingerprint density at radius 2 is 2.14 bits per heavy atom.